The molecule has 0 spiro atoms. The van der Waals surface area contributed by atoms with E-state index in [1.54, 1.807) is 25.9 Å². The molecule has 1 saturated heterocycles. The van der Waals surface area contributed by atoms with Gasteiger partial charge in [0.2, 0.25) is 5.91 Å². The normalized spacial score (nSPS) is 18.4. The first kappa shape index (κ1) is 26.0. The second kappa shape index (κ2) is 11.0. The highest BCUT2D eigenvalue weighted by molar-refractivity contribution is 5.86. The highest BCUT2D eigenvalue weighted by atomic mass is 16.5. The smallest absolute Gasteiger partial charge is 0.261 e. The molecule has 3 aromatic rings. The molecule has 0 radical (unpaired) electrons. The van der Waals surface area contributed by atoms with E-state index in [1.807, 2.05) is 53.1 Å². The van der Waals surface area contributed by atoms with E-state index in [9.17, 15) is 9.59 Å². The fraction of sp³-hybridized carbons (Fsp3) is 0.464. The lowest BCUT2D eigenvalue weighted by atomic mass is 10.0. The van der Waals surface area contributed by atoms with Crippen molar-refractivity contribution in [1.29, 1.82) is 0 Å². The van der Waals surface area contributed by atoms with Crippen LogP contribution >= 0.6 is 0 Å². The van der Waals surface area contributed by atoms with Crippen molar-refractivity contribution in [1.82, 2.24) is 14.5 Å². The highest BCUT2D eigenvalue weighted by Crippen LogP contribution is 2.30. The van der Waals surface area contributed by atoms with Gasteiger partial charge in [0.05, 0.1) is 50.4 Å². The number of hydrogen-bond acceptors (Lipinski definition) is 8. The quantitative estimate of drug-likeness (QED) is 0.445. The first-order valence-corrected chi connectivity index (χ1v) is 12.8. The highest BCUT2D eigenvalue weighted by Gasteiger charge is 2.27. The Hall–Kier alpha value is -3.63. The zero-order valence-corrected chi connectivity index (χ0v) is 22.3. The number of aromatic nitrogens is 2. The van der Waals surface area contributed by atoms with Crippen LogP contribution in [-0.2, 0) is 27.3 Å². The van der Waals surface area contributed by atoms with Crippen molar-refractivity contribution in [2.75, 3.05) is 59.0 Å². The third-order valence-electron chi connectivity index (χ3n) is 7.35. The van der Waals surface area contributed by atoms with Crippen LogP contribution in [0.3, 0.4) is 0 Å². The molecular weight excluding hydrogens is 488 g/mol. The number of methoxy groups -OCH3 is 3. The average molecular weight is 523 g/mol. The summed E-state index contributed by atoms with van der Waals surface area (Å²) >= 11 is 0. The lowest BCUT2D eigenvalue weighted by Crippen LogP contribution is -2.52. The summed E-state index contributed by atoms with van der Waals surface area (Å²) in [6.07, 6.45) is 0.583. The number of piperazine rings is 1. The van der Waals surface area contributed by atoms with E-state index in [4.69, 9.17) is 23.9 Å². The predicted molar refractivity (Wildman–Crippen MR) is 143 cm³/mol. The van der Waals surface area contributed by atoms with Crippen LogP contribution in [0.4, 0.5) is 5.69 Å². The van der Waals surface area contributed by atoms with Gasteiger partial charge in [-0.05, 0) is 49.2 Å². The van der Waals surface area contributed by atoms with Crippen molar-refractivity contribution < 1.29 is 23.7 Å². The average Bonchev–Trinajstić information content (AvgIpc) is 2.93. The molecule has 0 saturated carbocycles. The zero-order valence-electron chi connectivity index (χ0n) is 22.3. The first-order chi connectivity index (χ1) is 18.4. The molecule has 0 bridgehead atoms. The maximum atomic E-state index is 13.6. The van der Waals surface area contributed by atoms with Gasteiger partial charge < -0.3 is 28.7 Å². The Bertz CT molecular complexity index is 1390. The molecule has 2 aliphatic rings. The maximum Gasteiger partial charge on any atom is 0.261 e. The second-order valence-corrected chi connectivity index (χ2v) is 9.77. The molecule has 1 fully saturated rings. The summed E-state index contributed by atoms with van der Waals surface area (Å²) in [6, 6.07) is 11.2. The summed E-state index contributed by atoms with van der Waals surface area (Å²) in [4.78, 5) is 35.1. The minimum Gasteiger partial charge on any atom is -0.493 e. The van der Waals surface area contributed by atoms with E-state index >= 15 is 0 Å². The van der Waals surface area contributed by atoms with Crippen LogP contribution in [0, 0.1) is 0 Å². The Balaban J connectivity index is 1.40. The minimum atomic E-state index is -0.193. The van der Waals surface area contributed by atoms with Crippen molar-refractivity contribution in [3.63, 3.8) is 0 Å². The first-order valence-electron chi connectivity index (χ1n) is 12.8. The van der Waals surface area contributed by atoms with E-state index in [2.05, 4.69) is 0 Å². The number of anilines is 1. The van der Waals surface area contributed by atoms with Gasteiger partial charge in [0.25, 0.3) is 5.56 Å². The fourth-order valence-electron chi connectivity index (χ4n) is 5.21. The summed E-state index contributed by atoms with van der Waals surface area (Å²) in [7, 11) is 4.86. The number of carbonyl (C=O) groups excluding carboxylic acids is 1. The van der Waals surface area contributed by atoms with Crippen molar-refractivity contribution in [3.8, 4) is 11.5 Å². The molecule has 1 aromatic heterocycles. The van der Waals surface area contributed by atoms with Gasteiger partial charge in [0.15, 0.2) is 11.5 Å². The summed E-state index contributed by atoms with van der Waals surface area (Å²) < 4.78 is 23.7. The number of benzene rings is 2. The van der Waals surface area contributed by atoms with Crippen LogP contribution in [0.25, 0.3) is 10.9 Å². The standard InChI is InChI=1S/C28H34N4O6/c1-18(35-2)14-31-10-9-30(15-27(31)33)20-6-7-22-23(13-20)29-26-17-38-16-21(32(26)28(22)34)11-19-5-8-24(36-3)25(12-19)37-4/h5-8,12-13,18,21H,9-11,14-17H2,1-4H3/t18-,21?/m0/s1. The molecule has 2 aromatic carbocycles. The number of nitrogens with zero attached hydrogens (tertiary/aromatic N) is 4. The second-order valence-electron chi connectivity index (χ2n) is 9.77. The molecule has 2 atom stereocenters. The molecule has 0 N–H and O–H groups in total. The molecule has 2 aliphatic heterocycles. The van der Waals surface area contributed by atoms with Gasteiger partial charge in [-0.1, -0.05) is 6.07 Å². The SMILES string of the molecule is COc1ccc(CC2COCc3nc4cc(N5CCN(C[C@H](C)OC)C(=O)C5)ccc4c(=O)n32)cc1OC. The number of carbonyl (C=O) groups is 1. The molecule has 0 aliphatic carbocycles. The van der Waals surface area contributed by atoms with Gasteiger partial charge in [0.1, 0.15) is 12.4 Å². The van der Waals surface area contributed by atoms with Crippen LogP contribution < -0.4 is 19.9 Å². The number of fused-ring (bicyclic) bond motifs is 2. The van der Waals surface area contributed by atoms with Gasteiger partial charge in [-0.15, -0.1) is 0 Å². The number of hydrogen-bond donors (Lipinski definition) is 0. The van der Waals surface area contributed by atoms with Crippen molar-refractivity contribution in [3.05, 3.63) is 58.1 Å². The topological polar surface area (TPSA) is 95.4 Å². The Morgan fingerprint density at radius 1 is 1.05 bits per heavy atom. The van der Waals surface area contributed by atoms with Gasteiger partial charge in [-0.25, -0.2) is 4.98 Å². The Kier molecular flexibility index (Phi) is 7.53. The van der Waals surface area contributed by atoms with E-state index in [1.165, 1.54) is 0 Å². The fourth-order valence-corrected chi connectivity index (χ4v) is 5.21. The Morgan fingerprint density at radius 2 is 1.87 bits per heavy atom. The molecule has 38 heavy (non-hydrogen) atoms. The predicted octanol–water partition coefficient (Wildman–Crippen LogP) is 2.41. The lowest BCUT2D eigenvalue weighted by Gasteiger charge is -2.36. The van der Waals surface area contributed by atoms with Gasteiger partial charge in [0, 0.05) is 32.4 Å². The number of ether oxygens (including phenoxy) is 4. The summed E-state index contributed by atoms with van der Waals surface area (Å²) in [6.45, 7) is 4.83. The minimum absolute atomic E-state index is 0.00712. The van der Waals surface area contributed by atoms with E-state index in [0.717, 1.165) is 11.3 Å². The summed E-state index contributed by atoms with van der Waals surface area (Å²) in [5.74, 6) is 1.96. The molecule has 10 nitrogen and oxygen atoms in total. The van der Waals surface area contributed by atoms with Gasteiger partial charge in [-0.3, -0.25) is 14.2 Å². The monoisotopic (exact) mass is 522 g/mol. The Morgan fingerprint density at radius 3 is 2.61 bits per heavy atom. The maximum absolute atomic E-state index is 13.6. The summed E-state index contributed by atoms with van der Waals surface area (Å²) in [5, 5.41) is 0.551. The Labute approximate surface area is 221 Å². The number of rotatable bonds is 8. The molecular formula is C28H34N4O6. The molecule has 1 amide bonds. The molecule has 5 rings (SSSR count). The number of amides is 1. The van der Waals surface area contributed by atoms with Crippen molar-refractivity contribution in [2.45, 2.75) is 32.1 Å². The van der Waals surface area contributed by atoms with Gasteiger partial charge in [-0.2, -0.15) is 0 Å². The van der Waals surface area contributed by atoms with E-state index in [-0.39, 0.29) is 36.8 Å². The third kappa shape index (κ3) is 5.06. The lowest BCUT2D eigenvalue weighted by molar-refractivity contribution is -0.132. The van der Waals surface area contributed by atoms with Crippen molar-refractivity contribution >= 4 is 22.5 Å². The molecule has 202 valence electrons. The largest absolute Gasteiger partial charge is 0.493 e. The van der Waals surface area contributed by atoms with Crippen LogP contribution in [0.2, 0.25) is 0 Å². The van der Waals surface area contributed by atoms with E-state index in [0.29, 0.717) is 60.9 Å². The molecule has 1 unspecified atom stereocenters. The van der Waals surface area contributed by atoms with Crippen molar-refractivity contribution in [2.24, 2.45) is 0 Å². The summed E-state index contributed by atoms with van der Waals surface area (Å²) in [5.41, 5.74) is 2.41. The van der Waals surface area contributed by atoms with Crippen LogP contribution in [0.15, 0.2) is 41.2 Å². The van der Waals surface area contributed by atoms with Gasteiger partial charge >= 0.3 is 0 Å². The van der Waals surface area contributed by atoms with Crippen LogP contribution in [0.5, 0.6) is 11.5 Å². The van der Waals surface area contributed by atoms with Crippen LogP contribution in [-0.4, -0.2) is 80.6 Å². The molecule has 3 heterocycles. The molecule has 10 heteroatoms. The third-order valence-corrected chi connectivity index (χ3v) is 7.35. The van der Waals surface area contributed by atoms with Crippen LogP contribution in [0.1, 0.15) is 24.4 Å². The van der Waals surface area contributed by atoms with E-state index < -0.39 is 0 Å². The zero-order chi connectivity index (χ0) is 26.8.